The highest BCUT2D eigenvalue weighted by molar-refractivity contribution is 5.42. The average Bonchev–Trinajstić information content (AvgIpc) is 3.27. The molecular weight excluding hydrogens is 304 g/mol. The minimum Gasteiger partial charge on any atom is -0.496 e. The number of benzene rings is 1. The Balaban J connectivity index is 1.69. The lowest BCUT2D eigenvalue weighted by atomic mass is 10.0. The summed E-state index contributed by atoms with van der Waals surface area (Å²) in [6.45, 7) is 1.75. The molecule has 0 saturated carbocycles. The SMILES string of the molecule is COc1cc(C#N)ccc1CN1CCCC1CC(O)c1ccco1. The zero-order valence-electron chi connectivity index (χ0n) is 13.8. The standard InChI is InChI=1S/C19H22N2O3/c1-23-19-10-14(12-20)6-7-15(19)13-21-8-2-4-16(21)11-17(22)18-5-3-9-24-18/h3,5-7,9-10,16-17,22H,2,4,8,11,13H2,1H3. The minimum atomic E-state index is -0.575. The predicted octanol–water partition coefficient (Wildman–Crippen LogP) is 3.25. The van der Waals surface area contributed by atoms with Crippen molar-refractivity contribution in [2.24, 2.45) is 0 Å². The van der Waals surface area contributed by atoms with Crippen molar-refractivity contribution >= 4 is 0 Å². The Morgan fingerprint density at radius 2 is 2.33 bits per heavy atom. The second-order valence-corrected chi connectivity index (χ2v) is 6.17. The van der Waals surface area contributed by atoms with Gasteiger partial charge >= 0.3 is 0 Å². The van der Waals surface area contributed by atoms with E-state index in [4.69, 9.17) is 14.4 Å². The van der Waals surface area contributed by atoms with Gasteiger partial charge in [0.25, 0.3) is 0 Å². The number of aliphatic hydroxyl groups is 1. The molecule has 126 valence electrons. The van der Waals surface area contributed by atoms with Gasteiger partial charge in [0.1, 0.15) is 17.6 Å². The van der Waals surface area contributed by atoms with E-state index in [9.17, 15) is 5.11 Å². The van der Waals surface area contributed by atoms with Gasteiger partial charge in [-0.25, -0.2) is 0 Å². The Kier molecular flexibility index (Phi) is 5.19. The van der Waals surface area contributed by atoms with Gasteiger partial charge in [-0.1, -0.05) is 6.07 Å². The second-order valence-electron chi connectivity index (χ2n) is 6.17. The van der Waals surface area contributed by atoms with E-state index in [0.717, 1.165) is 37.2 Å². The van der Waals surface area contributed by atoms with Crippen LogP contribution in [-0.2, 0) is 6.54 Å². The summed E-state index contributed by atoms with van der Waals surface area (Å²) < 4.78 is 10.7. The van der Waals surface area contributed by atoms with Crippen molar-refractivity contribution in [3.05, 3.63) is 53.5 Å². The van der Waals surface area contributed by atoms with Crippen molar-refractivity contribution in [2.75, 3.05) is 13.7 Å². The lowest BCUT2D eigenvalue weighted by molar-refractivity contribution is 0.0992. The molecule has 2 unspecified atom stereocenters. The van der Waals surface area contributed by atoms with E-state index in [1.807, 2.05) is 18.2 Å². The van der Waals surface area contributed by atoms with Crippen LogP contribution in [0.4, 0.5) is 0 Å². The molecule has 1 fully saturated rings. The fourth-order valence-corrected chi connectivity index (χ4v) is 3.39. The van der Waals surface area contributed by atoms with Crippen molar-refractivity contribution in [1.82, 2.24) is 4.90 Å². The van der Waals surface area contributed by atoms with Gasteiger partial charge in [0, 0.05) is 18.2 Å². The zero-order valence-corrected chi connectivity index (χ0v) is 13.8. The van der Waals surface area contributed by atoms with Crippen LogP contribution >= 0.6 is 0 Å². The van der Waals surface area contributed by atoms with Crippen LogP contribution in [-0.4, -0.2) is 29.7 Å². The second kappa shape index (κ2) is 7.52. The lowest BCUT2D eigenvalue weighted by Gasteiger charge is -2.26. The number of aliphatic hydroxyl groups excluding tert-OH is 1. The third-order valence-electron chi connectivity index (χ3n) is 4.66. The van der Waals surface area contributed by atoms with Crippen molar-refractivity contribution < 1.29 is 14.3 Å². The van der Waals surface area contributed by atoms with E-state index in [-0.39, 0.29) is 0 Å². The van der Waals surface area contributed by atoms with Crippen molar-refractivity contribution in [1.29, 1.82) is 5.26 Å². The molecule has 1 aliphatic rings. The smallest absolute Gasteiger partial charge is 0.132 e. The molecule has 1 N–H and O–H groups in total. The van der Waals surface area contributed by atoms with Gasteiger partial charge in [-0.2, -0.15) is 5.26 Å². The molecule has 0 aliphatic carbocycles. The highest BCUT2D eigenvalue weighted by atomic mass is 16.5. The maximum absolute atomic E-state index is 10.3. The summed E-state index contributed by atoms with van der Waals surface area (Å²) in [6.07, 6.45) is 3.86. The Bertz CT molecular complexity index is 706. The number of furan rings is 1. The first-order valence-corrected chi connectivity index (χ1v) is 8.24. The molecule has 2 atom stereocenters. The van der Waals surface area contributed by atoms with Crippen molar-refractivity contribution in [3.8, 4) is 11.8 Å². The number of nitriles is 1. The quantitative estimate of drug-likeness (QED) is 0.882. The topological polar surface area (TPSA) is 69.6 Å². The summed E-state index contributed by atoms with van der Waals surface area (Å²) in [5, 5.41) is 19.4. The Labute approximate surface area is 142 Å². The first kappa shape index (κ1) is 16.6. The third kappa shape index (κ3) is 3.61. The zero-order chi connectivity index (χ0) is 16.9. The van der Waals surface area contributed by atoms with Crippen LogP contribution in [0, 0.1) is 11.3 Å². The summed E-state index contributed by atoms with van der Waals surface area (Å²) in [4.78, 5) is 2.37. The molecule has 1 aromatic carbocycles. The van der Waals surface area contributed by atoms with Gasteiger partial charge < -0.3 is 14.3 Å². The van der Waals surface area contributed by atoms with Gasteiger partial charge in [-0.05, 0) is 50.1 Å². The number of hydrogen-bond acceptors (Lipinski definition) is 5. The van der Waals surface area contributed by atoms with Crippen LogP contribution in [0.15, 0.2) is 41.0 Å². The van der Waals surface area contributed by atoms with Crippen LogP contribution in [0.1, 0.15) is 42.3 Å². The molecule has 0 spiro atoms. The predicted molar refractivity (Wildman–Crippen MR) is 89.4 cm³/mol. The number of ether oxygens (including phenoxy) is 1. The minimum absolute atomic E-state index is 0.311. The molecule has 5 nitrogen and oxygen atoms in total. The largest absolute Gasteiger partial charge is 0.496 e. The maximum Gasteiger partial charge on any atom is 0.132 e. The summed E-state index contributed by atoms with van der Waals surface area (Å²) >= 11 is 0. The molecule has 3 rings (SSSR count). The summed E-state index contributed by atoms with van der Waals surface area (Å²) in [5.41, 5.74) is 1.66. The molecule has 5 heteroatoms. The van der Waals surface area contributed by atoms with Gasteiger partial charge in [-0.3, -0.25) is 4.90 Å². The van der Waals surface area contributed by atoms with Crippen LogP contribution in [0.3, 0.4) is 0 Å². The Morgan fingerprint density at radius 1 is 1.46 bits per heavy atom. The molecule has 1 saturated heterocycles. The van der Waals surface area contributed by atoms with Crippen LogP contribution in [0.5, 0.6) is 5.75 Å². The van der Waals surface area contributed by atoms with E-state index >= 15 is 0 Å². The molecule has 0 amide bonds. The molecule has 2 aromatic rings. The first-order valence-electron chi connectivity index (χ1n) is 8.24. The van der Waals surface area contributed by atoms with E-state index in [0.29, 0.717) is 23.8 Å². The number of methoxy groups -OCH3 is 1. The van der Waals surface area contributed by atoms with Gasteiger partial charge in [0.15, 0.2) is 0 Å². The molecule has 1 aromatic heterocycles. The first-order chi connectivity index (χ1) is 11.7. The van der Waals surface area contributed by atoms with Crippen LogP contribution in [0.25, 0.3) is 0 Å². The van der Waals surface area contributed by atoms with Crippen molar-refractivity contribution in [3.63, 3.8) is 0 Å². The van der Waals surface area contributed by atoms with E-state index in [2.05, 4.69) is 11.0 Å². The van der Waals surface area contributed by atoms with E-state index in [1.165, 1.54) is 0 Å². The molecule has 24 heavy (non-hydrogen) atoms. The summed E-state index contributed by atoms with van der Waals surface area (Å²) in [5.74, 6) is 1.36. The Hall–Kier alpha value is -2.29. The fraction of sp³-hybridized carbons (Fsp3) is 0.421. The van der Waals surface area contributed by atoms with E-state index < -0.39 is 6.10 Å². The number of nitrogens with zero attached hydrogens (tertiary/aromatic N) is 2. The fourth-order valence-electron chi connectivity index (χ4n) is 3.39. The molecule has 1 aliphatic heterocycles. The molecule has 0 bridgehead atoms. The average molecular weight is 326 g/mol. The maximum atomic E-state index is 10.3. The third-order valence-corrected chi connectivity index (χ3v) is 4.66. The Morgan fingerprint density at radius 3 is 3.04 bits per heavy atom. The van der Waals surface area contributed by atoms with E-state index in [1.54, 1.807) is 25.5 Å². The van der Waals surface area contributed by atoms with Crippen molar-refractivity contribution in [2.45, 2.75) is 38.0 Å². The number of likely N-dealkylation sites (tertiary alicyclic amines) is 1. The van der Waals surface area contributed by atoms with Crippen LogP contribution < -0.4 is 4.74 Å². The molecular formula is C19H22N2O3. The normalized spacial score (nSPS) is 19.1. The number of rotatable bonds is 6. The van der Waals surface area contributed by atoms with Gasteiger partial charge in [0.05, 0.1) is 25.0 Å². The van der Waals surface area contributed by atoms with Gasteiger partial charge in [-0.15, -0.1) is 0 Å². The molecule has 0 radical (unpaired) electrons. The monoisotopic (exact) mass is 326 g/mol. The van der Waals surface area contributed by atoms with Crippen LogP contribution in [0.2, 0.25) is 0 Å². The summed E-state index contributed by atoms with van der Waals surface area (Å²) in [6, 6.07) is 11.6. The summed E-state index contributed by atoms with van der Waals surface area (Å²) in [7, 11) is 1.63. The number of hydrogen-bond donors (Lipinski definition) is 1. The highest BCUT2D eigenvalue weighted by Gasteiger charge is 2.28. The highest BCUT2D eigenvalue weighted by Crippen LogP contribution is 2.30. The van der Waals surface area contributed by atoms with Gasteiger partial charge in [0.2, 0.25) is 0 Å². The lowest BCUT2D eigenvalue weighted by Crippen LogP contribution is -2.30. The molecule has 2 heterocycles.